The van der Waals surface area contributed by atoms with E-state index in [1.54, 1.807) is 31.4 Å². The molecule has 0 saturated heterocycles. The Labute approximate surface area is 94.4 Å². The maximum absolute atomic E-state index is 11.3. The summed E-state index contributed by atoms with van der Waals surface area (Å²) in [6.45, 7) is 0.520. The van der Waals surface area contributed by atoms with Crippen LogP contribution in [0.15, 0.2) is 24.3 Å². The van der Waals surface area contributed by atoms with Crippen molar-refractivity contribution in [2.24, 2.45) is 0 Å². The lowest BCUT2D eigenvalue weighted by Gasteiger charge is -2.08. The number of rotatable bonds is 5. The molecule has 0 radical (unpaired) electrons. The number of ether oxygens (including phenoxy) is 1. The molecule has 0 aliphatic heterocycles. The van der Waals surface area contributed by atoms with Crippen molar-refractivity contribution in [3.05, 3.63) is 24.3 Å². The summed E-state index contributed by atoms with van der Waals surface area (Å²) in [4.78, 5) is 11.3. The zero-order valence-corrected chi connectivity index (χ0v) is 9.19. The number of aliphatic hydroxyl groups excluding tert-OH is 1. The minimum atomic E-state index is -0.290. The minimum absolute atomic E-state index is 0.0689. The molecule has 0 aromatic heterocycles. The topological polar surface area (TPSA) is 70.6 Å². The molecule has 3 N–H and O–H groups in total. The zero-order chi connectivity index (χ0) is 11.8. The Morgan fingerprint density at radius 3 is 3.00 bits per heavy atom. The highest BCUT2D eigenvalue weighted by atomic mass is 16.5. The predicted molar refractivity (Wildman–Crippen MR) is 61.7 cm³/mol. The average molecular weight is 224 g/mol. The second-order valence-electron chi connectivity index (χ2n) is 3.19. The second-order valence-corrected chi connectivity index (χ2v) is 3.19. The van der Waals surface area contributed by atoms with Crippen molar-refractivity contribution in [2.75, 3.05) is 25.6 Å². The molecular weight excluding hydrogens is 208 g/mol. The van der Waals surface area contributed by atoms with Crippen molar-refractivity contribution in [3.63, 3.8) is 0 Å². The van der Waals surface area contributed by atoms with Crippen molar-refractivity contribution in [3.8, 4) is 5.75 Å². The SMILES string of the molecule is COc1cccc(NC(=O)NCCCO)c1. The number of methoxy groups -OCH3 is 1. The minimum Gasteiger partial charge on any atom is -0.497 e. The monoisotopic (exact) mass is 224 g/mol. The molecule has 0 aliphatic rings. The summed E-state index contributed by atoms with van der Waals surface area (Å²) in [6, 6.07) is 6.80. The summed E-state index contributed by atoms with van der Waals surface area (Å²) in [5.41, 5.74) is 0.667. The smallest absolute Gasteiger partial charge is 0.319 e. The van der Waals surface area contributed by atoms with E-state index in [1.807, 2.05) is 0 Å². The molecule has 0 bridgehead atoms. The van der Waals surface area contributed by atoms with Crippen LogP contribution in [0.1, 0.15) is 6.42 Å². The Kier molecular flexibility index (Phi) is 5.15. The second kappa shape index (κ2) is 6.68. The third-order valence-electron chi connectivity index (χ3n) is 1.95. The largest absolute Gasteiger partial charge is 0.497 e. The van der Waals surface area contributed by atoms with Gasteiger partial charge in [0.1, 0.15) is 5.75 Å². The number of nitrogens with one attached hydrogen (secondary N) is 2. The van der Waals surface area contributed by atoms with Gasteiger partial charge in [-0.25, -0.2) is 4.79 Å². The first-order chi connectivity index (χ1) is 7.76. The van der Waals surface area contributed by atoms with E-state index >= 15 is 0 Å². The first-order valence-electron chi connectivity index (χ1n) is 5.06. The summed E-state index contributed by atoms with van der Waals surface area (Å²) >= 11 is 0. The Hall–Kier alpha value is -1.75. The van der Waals surface area contributed by atoms with E-state index in [0.29, 0.717) is 24.4 Å². The fourth-order valence-electron chi connectivity index (χ4n) is 1.16. The fourth-order valence-corrected chi connectivity index (χ4v) is 1.16. The third-order valence-corrected chi connectivity index (χ3v) is 1.95. The van der Waals surface area contributed by atoms with Gasteiger partial charge in [0.15, 0.2) is 0 Å². The molecule has 5 heteroatoms. The number of aliphatic hydroxyl groups is 1. The number of amides is 2. The molecular formula is C11H16N2O3. The summed E-state index contributed by atoms with van der Waals surface area (Å²) in [6.07, 6.45) is 0.547. The zero-order valence-electron chi connectivity index (χ0n) is 9.19. The molecule has 5 nitrogen and oxygen atoms in total. The molecule has 0 unspecified atom stereocenters. The van der Waals surface area contributed by atoms with E-state index < -0.39 is 0 Å². The number of anilines is 1. The number of hydrogen-bond donors (Lipinski definition) is 3. The molecule has 16 heavy (non-hydrogen) atoms. The lowest BCUT2D eigenvalue weighted by molar-refractivity contribution is 0.249. The number of benzene rings is 1. The third kappa shape index (κ3) is 4.18. The average Bonchev–Trinajstić information content (AvgIpc) is 2.29. The van der Waals surface area contributed by atoms with Gasteiger partial charge in [-0.15, -0.1) is 0 Å². The van der Waals surface area contributed by atoms with E-state index in [9.17, 15) is 4.79 Å². The molecule has 0 fully saturated rings. The molecule has 0 aliphatic carbocycles. The van der Waals surface area contributed by atoms with E-state index in [-0.39, 0.29) is 12.6 Å². The molecule has 0 spiro atoms. The lowest BCUT2D eigenvalue weighted by Crippen LogP contribution is -2.29. The maximum Gasteiger partial charge on any atom is 0.319 e. The molecule has 0 saturated carbocycles. The van der Waals surface area contributed by atoms with Crippen LogP contribution >= 0.6 is 0 Å². The van der Waals surface area contributed by atoms with Gasteiger partial charge in [0.2, 0.25) is 0 Å². The summed E-state index contributed by atoms with van der Waals surface area (Å²) in [5, 5.41) is 13.8. The van der Waals surface area contributed by atoms with Gasteiger partial charge in [0.25, 0.3) is 0 Å². The molecule has 0 atom stereocenters. The number of urea groups is 1. The van der Waals surface area contributed by atoms with Gasteiger partial charge in [-0.1, -0.05) is 6.07 Å². The number of carbonyl (C=O) groups excluding carboxylic acids is 1. The maximum atomic E-state index is 11.3. The van der Waals surface area contributed by atoms with Crippen LogP contribution in [0, 0.1) is 0 Å². The van der Waals surface area contributed by atoms with Crippen molar-refractivity contribution < 1.29 is 14.6 Å². The molecule has 2 amide bonds. The predicted octanol–water partition coefficient (Wildman–Crippen LogP) is 1.20. The van der Waals surface area contributed by atoms with Crippen LogP contribution in [0.4, 0.5) is 10.5 Å². The van der Waals surface area contributed by atoms with E-state index in [0.717, 1.165) is 0 Å². The number of hydrogen-bond acceptors (Lipinski definition) is 3. The van der Waals surface area contributed by atoms with Crippen LogP contribution in [-0.4, -0.2) is 31.4 Å². The molecule has 1 aromatic carbocycles. The molecule has 88 valence electrons. The Morgan fingerprint density at radius 2 is 2.31 bits per heavy atom. The van der Waals surface area contributed by atoms with Crippen molar-refractivity contribution in [1.29, 1.82) is 0 Å². The standard InChI is InChI=1S/C11H16N2O3/c1-16-10-5-2-4-9(8-10)13-11(15)12-6-3-7-14/h2,4-5,8,14H,3,6-7H2,1H3,(H2,12,13,15). The highest BCUT2D eigenvalue weighted by Gasteiger charge is 2.01. The van der Waals surface area contributed by atoms with Gasteiger partial charge in [-0.05, 0) is 18.6 Å². The Balaban J connectivity index is 2.43. The first-order valence-corrected chi connectivity index (χ1v) is 5.06. The highest BCUT2D eigenvalue weighted by molar-refractivity contribution is 5.89. The molecule has 1 rings (SSSR count). The van der Waals surface area contributed by atoms with Crippen molar-refractivity contribution in [2.45, 2.75) is 6.42 Å². The lowest BCUT2D eigenvalue weighted by atomic mass is 10.3. The van der Waals surface area contributed by atoms with Crippen molar-refractivity contribution in [1.82, 2.24) is 5.32 Å². The normalized spacial score (nSPS) is 9.62. The van der Waals surface area contributed by atoms with E-state index in [4.69, 9.17) is 9.84 Å². The van der Waals surface area contributed by atoms with Gasteiger partial charge in [-0.3, -0.25) is 0 Å². The van der Waals surface area contributed by atoms with Gasteiger partial charge < -0.3 is 20.5 Å². The quantitative estimate of drug-likeness (QED) is 0.658. The first kappa shape index (κ1) is 12.3. The van der Waals surface area contributed by atoms with E-state index in [2.05, 4.69) is 10.6 Å². The Bertz CT molecular complexity index is 342. The summed E-state index contributed by atoms with van der Waals surface area (Å²) < 4.78 is 5.03. The van der Waals surface area contributed by atoms with Gasteiger partial charge in [-0.2, -0.15) is 0 Å². The van der Waals surface area contributed by atoms with Crippen LogP contribution in [0.25, 0.3) is 0 Å². The Morgan fingerprint density at radius 1 is 1.50 bits per heavy atom. The molecule has 1 aromatic rings. The van der Waals surface area contributed by atoms with Crippen molar-refractivity contribution >= 4 is 11.7 Å². The van der Waals surface area contributed by atoms with Crippen LogP contribution in [0.2, 0.25) is 0 Å². The van der Waals surface area contributed by atoms with Gasteiger partial charge >= 0.3 is 6.03 Å². The van der Waals surface area contributed by atoms with Crippen LogP contribution in [0.3, 0.4) is 0 Å². The molecule has 0 heterocycles. The van der Waals surface area contributed by atoms with Crippen LogP contribution in [0.5, 0.6) is 5.75 Å². The summed E-state index contributed by atoms with van der Waals surface area (Å²) in [7, 11) is 1.57. The number of carbonyl (C=O) groups is 1. The van der Waals surface area contributed by atoms with Crippen LogP contribution < -0.4 is 15.4 Å². The fraction of sp³-hybridized carbons (Fsp3) is 0.364. The van der Waals surface area contributed by atoms with Crippen LogP contribution in [-0.2, 0) is 0 Å². The summed E-state index contributed by atoms with van der Waals surface area (Å²) in [5.74, 6) is 0.688. The van der Waals surface area contributed by atoms with E-state index in [1.165, 1.54) is 0 Å². The van der Waals surface area contributed by atoms with Gasteiger partial charge in [0, 0.05) is 24.9 Å². The van der Waals surface area contributed by atoms with Gasteiger partial charge in [0.05, 0.1) is 7.11 Å². The highest BCUT2D eigenvalue weighted by Crippen LogP contribution is 2.16.